The van der Waals surface area contributed by atoms with Crippen LogP contribution in [0.25, 0.3) is 0 Å². The summed E-state index contributed by atoms with van der Waals surface area (Å²) >= 11 is 22.8. The minimum Gasteiger partial charge on any atom is -0.329 e. The molecule has 0 heterocycles. The Labute approximate surface area is 137 Å². The maximum atomic E-state index is 5.83. The number of hydrogen-bond acceptors (Lipinski definition) is 3. The van der Waals surface area contributed by atoms with E-state index in [9.17, 15) is 0 Å². The summed E-state index contributed by atoms with van der Waals surface area (Å²) < 4.78 is 10.1. The van der Waals surface area contributed by atoms with Gasteiger partial charge >= 0.3 is 0 Å². The molecule has 0 amide bonds. The molecule has 19 heavy (non-hydrogen) atoms. The molecule has 0 fully saturated rings. The van der Waals surface area contributed by atoms with Gasteiger partial charge < -0.3 is 9.05 Å². The zero-order chi connectivity index (χ0) is 15.2. The number of hydrogen-bond donors (Lipinski definition) is 0. The highest BCUT2D eigenvalue weighted by atomic mass is 35.6. The first-order chi connectivity index (χ1) is 8.54. The van der Waals surface area contributed by atoms with Crippen molar-refractivity contribution in [3.8, 4) is 0 Å². The Morgan fingerprint density at radius 1 is 1.11 bits per heavy atom. The summed E-state index contributed by atoms with van der Waals surface area (Å²) in [6.45, 7) is 6.70. The molecular weight excluding hydrogens is 346 g/mol. The van der Waals surface area contributed by atoms with Crippen LogP contribution < -0.4 is 0 Å². The first kappa shape index (κ1) is 20.4. The van der Waals surface area contributed by atoms with E-state index in [0.717, 1.165) is 19.3 Å². The predicted octanol–water partition coefficient (Wildman–Crippen LogP) is 5.94. The normalized spacial score (nSPS) is 16.4. The van der Waals surface area contributed by atoms with Crippen LogP contribution in [-0.2, 0) is 20.9 Å². The summed E-state index contributed by atoms with van der Waals surface area (Å²) in [5.74, 6) is 0. The van der Waals surface area contributed by atoms with Crippen LogP contribution in [0, 0.1) is 5.41 Å². The SMILES string of the molecule is CCCCOP(=S)(CC(C)(C)CC)OCC(Cl)(Cl)Cl. The minimum atomic E-state index is -2.40. The lowest BCUT2D eigenvalue weighted by Crippen LogP contribution is -2.20. The Hall–Kier alpha value is 1.44. The zero-order valence-electron chi connectivity index (χ0n) is 12.0. The standard InChI is InChI=1S/C12H24Cl3O2PS/c1-5-7-8-16-18(19,10-11(3,4)6-2)17-9-12(13,14)15/h5-10H2,1-4H3. The summed E-state index contributed by atoms with van der Waals surface area (Å²) in [5.41, 5.74) is 0.0648. The van der Waals surface area contributed by atoms with E-state index in [1.54, 1.807) is 0 Å². The monoisotopic (exact) mass is 368 g/mol. The third kappa shape index (κ3) is 10.8. The third-order valence-corrected chi connectivity index (χ3v) is 6.48. The molecule has 7 heteroatoms. The Morgan fingerprint density at radius 3 is 2.11 bits per heavy atom. The number of rotatable bonds is 9. The molecule has 0 aromatic carbocycles. The number of unbranched alkanes of at least 4 members (excludes halogenated alkanes) is 1. The van der Waals surface area contributed by atoms with Crippen molar-refractivity contribution >= 4 is 53.1 Å². The van der Waals surface area contributed by atoms with E-state index in [1.807, 2.05) is 0 Å². The summed E-state index contributed by atoms with van der Waals surface area (Å²) in [4.78, 5) is 0. The Kier molecular flexibility index (Phi) is 9.44. The van der Waals surface area contributed by atoms with E-state index in [2.05, 4.69) is 27.7 Å². The predicted molar refractivity (Wildman–Crippen MR) is 90.3 cm³/mol. The van der Waals surface area contributed by atoms with Crippen molar-refractivity contribution in [1.82, 2.24) is 0 Å². The molecule has 0 aromatic rings. The largest absolute Gasteiger partial charge is 0.329 e. The maximum absolute atomic E-state index is 5.83. The summed E-state index contributed by atoms with van der Waals surface area (Å²) in [5, 5.41) is 0. The van der Waals surface area contributed by atoms with E-state index in [-0.39, 0.29) is 12.0 Å². The molecule has 116 valence electrons. The van der Waals surface area contributed by atoms with Gasteiger partial charge in [0.25, 0.3) is 0 Å². The summed E-state index contributed by atoms with van der Waals surface area (Å²) in [6.07, 6.45) is 3.70. The van der Waals surface area contributed by atoms with Crippen LogP contribution in [0.3, 0.4) is 0 Å². The van der Waals surface area contributed by atoms with Gasteiger partial charge in [-0.3, -0.25) is 0 Å². The molecule has 0 aromatic heterocycles. The van der Waals surface area contributed by atoms with Crippen LogP contribution in [0.1, 0.15) is 47.0 Å². The fourth-order valence-corrected chi connectivity index (χ4v) is 5.43. The second kappa shape index (κ2) is 8.78. The highest BCUT2D eigenvalue weighted by Crippen LogP contribution is 2.54. The molecule has 0 saturated heterocycles. The summed E-state index contributed by atoms with van der Waals surface area (Å²) in [6, 6.07) is 0. The van der Waals surface area contributed by atoms with Crippen LogP contribution >= 0.6 is 41.3 Å². The van der Waals surface area contributed by atoms with Gasteiger partial charge in [0.15, 0.2) is 6.49 Å². The molecule has 2 nitrogen and oxygen atoms in total. The first-order valence-corrected chi connectivity index (χ1v) is 10.4. The first-order valence-electron chi connectivity index (χ1n) is 6.48. The van der Waals surface area contributed by atoms with Crippen molar-refractivity contribution in [2.24, 2.45) is 5.41 Å². The van der Waals surface area contributed by atoms with Crippen molar-refractivity contribution in [3.63, 3.8) is 0 Å². The van der Waals surface area contributed by atoms with Gasteiger partial charge in [0.1, 0.15) is 6.61 Å². The van der Waals surface area contributed by atoms with Crippen LogP contribution in [0.4, 0.5) is 0 Å². The van der Waals surface area contributed by atoms with Crippen LogP contribution in [0.5, 0.6) is 0 Å². The van der Waals surface area contributed by atoms with Gasteiger partial charge in [0.05, 0.1) is 6.61 Å². The Bertz CT molecular complexity index is 306. The lowest BCUT2D eigenvalue weighted by atomic mass is 9.93. The average molecular weight is 370 g/mol. The molecule has 0 spiro atoms. The van der Waals surface area contributed by atoms with Gasteiger partial charge in [-0.05, 0) is 23.6 Å². The van der Waals surface area contributed by atoms with Crippen molar-refractivity contribution in [2.75, 3.05) is 19.4 Å². The highest BCUT2D eigenvalue weighted by molar-refractivity contribution is 8.09. The van der Waals surface area contributed by atoms with Crippen molar-refractivity contribution < 1.29 is 9.05 Å². The van der Waals surface area contributed by atoms with Crippen molar-refractivity contribution in [1.29, 1.82) is 0 Å². The molecule has 0 N–H and O–H groups in total. The molecule has 0 aliphatic heterocycles. The van der Waals surface area contributed by atoms with Gasteiger partial charge in [-0.1, -0.05) is 75.3 Å². The van der Waals surface area contributed by atoms with Gasteiger partial charge in [-0.2, -0.15) is 0 Å². The molecule has 1 atom stereocenters. The fourth-order valence-electron chi connectivity index (χ4n) is 1.28. The summed E-state index contributed by atoms with van der Waals surface area (Å²) in [7, 11) is 0. The van der Waals surface area contributed by atoms with Gasteiger partial charge in [0.2, 0.25) is 3.79 Å². The smallest absolute Gasteiger partial charge is 0.213 e. The van der Waals surface area contributed by atoms with Crippen LogP contribution in [0.2, 0.25) is 0 Å². The fraction of sp³-hybridized carbons (Fsp3) is 1.00. The molecular formula is C12H24Cl3O2PS. The topological polar surface area (TPSA) is 18.5 Å². The molecule has 0 saturated carbocycles. The Balaban J connectivity index is 4.67. The van der Waals surface area contributed by atoms with E-state index < -0.39 is 10.3 Å². The van der Waals surface area contributed by atoms with E-state index >= 15 is 0 Å². The minimum absolute atomic E-state index is 0.0269. The van der Waals surface area contributed by atoms with Gasteiger partial charge in [-0.15, -0.1) is 0 Å². The van der Waals surface area contributed by atoms with Gasteiger partial charge in [-0.25, -0.2) is 0 Å². The number of halogens is 3. The molecule has 0 aliphatic carbocycles. The highest BCUT2D eigenvalue weighted by Gasteiger charge is 2.32. The second-order valence-corrected chi connectivity index (χ2v) is 11.6. The molecule has 0 rings (SSSR count). The van der Waals surface area contributed by atoms with E-state index in [4.69, 9.17) is 55.7 Å². The van der Waals surface area contributed by atoms with E-state index in [1.165, 1.54) is 0 Å². The molecule has 0 radical (unpaired) electrons. The van der Waals surface area contributed by atoms with E-state index in [0.29, 0.717) is 12.8 Å². The maximum Gasteiger partial charge on any atom is 0.213 e. The molecule has 0 bridgehead atoms. The van der Waals surface area contributed by atoms with Crippen molar-refractivity contribution in [3.05, 3.63) is 0 Å². The third-order valence-electron chi connectivity index (χ3n) is 2.79. The second-order valence-electron chi connectivity index (χ2n) is 5.36. The van der Waals surface area contributed by atoms with Gasteiger partial charge in [0, 0.05) is 6.16 Å². The van der Waals surface area contributed by atoms with Crippen LogP contribution in [-0.4, -0.2) is 23.2 Å². The average Bonchev–Trinajstić information content (AvgIpc) is 2.26. The lowest BCUT2D eigenvalue weighted by molar-refractivity contribution is 0.235. The number of alkyl halides is 3. The van der Waals surface area contributed by atoms with Crippen LogP contribution in [0.15, 0.2) is 0 Å². The zero-order valence-corrected chi connectivity index (χ0v) is 16.0. The molecule has 0 aliphatic rings. The molecule has 1 unspecified atom stereocenters. The van der Waals surface area contributed by atoms with Crippen molar-refractivity contribution in [2.45, 2.75) is 50.7 Å². The lowest BCUT2D eigenvalue weighted by Gasteiger charge is -2.32. The quantitative estimate of drug-likeness (QED) is 0.285. The Morgan fingerprint density at radius 2 is 1.68 bits per heavy atom.